The minimum Gasteiger partial charge on any atom is -0.389 e. The van der Waals surface area contributed by atoms with Crippen LogP contribution in [-0.2, 0) is 10.0 Å². The van der Waals surface area contributed by atoms with Crippen molar-refractivity contribution < 1.29 is 8.42 Å². The van der Waals surface area contributed by atoms with Gasteiger partial charge >= 0.3 is 0 Å². The van der Waals surface area contributed by atoms with Crippen LogP contribution in [0.15, 0.2) is 18.2 Å². The molecule has 0 saturated heterocycles. The van der Waals surface area contributed by atoms with Gasteiger partial charge in [0.15, 0.2) is 0 Å². The van der Waals surface area contributed by atoms with E-state index < -0.39 is 10.0 Å². The zero-order valence-electron chi connectivity index (χ0n) is 10.4. The highest BCUT2D eigenvalue weighted by atomic mass is 32.2. The third kappa shape index (κ3) is 4.25. The number of nitrogens with two attached hydrogens (primary N) is 1. The third-order valence-corrected chi connectivity index (χ3v) is 4.02. The number of anilines is 1. The van der Waals surface area contributed by atoms with Crippen molar-refractivity contribution in [2.24, 2.45) is 5.73 Å². The molecule has 0 aliphatic rings. The van der Waals surface area contributed by atoms with Gasteiger partial charge in [-0.3, -0.25) is 0 Å². The molecule has 1 rings (SSSR count). The fraction of sp³-hybridized carbons (Fsp3) is 0.364. The molecule has 0 bridgehead atoms. The average Bonchev–Trinajstić information content (AvgIpc) is 2.30. The molecule has 7 heteroatoms. The zero-order valence-corrected chi connectivity index (χ0v) is 12.0. The van der Waals surface area contributed by atoms with Crippen LogP contribution in [0.1, 0.15) is 11.1 Å². The van der Waals surface area contributed by atoms with E-state index in [-0.39, 0.29) is 10.7 Å². The number of nitrogens with one attached hydrogen (secondary N) is 2. The van der Waals surface area contributed by atoms with Gasteiger partial charge in [0.2, 0.25) is 10.0 Å². The summed E-state index contributed by atoms with van der Waals surface area (Å²) in [6, 6.07) is 5.63. The van der Waals surface area contributed by atoms with Gasteiger partial charge in [-0.25, -0.2) is 13.1 Å². The fourth-order valence-corrected chi connectivity index (χ4v) is 2.18. The van der Waals surface area contributed by atoms with Crippen molar-refractivity contribution in [3.05, 3.63) is 29.3 Å². The normalized spacial score (nSPS) is 11.2. The van der Waals surface area contributed by atoms with Gasteiger partial charge in [-0.1, -0.05) is 23.8 Å². The van der Waals surface area contributed by atoms with Crippen molar-refractivity contribution in [2.45, 2.75) is 6.92 Å². The number of rotatable bonds is 6. The van der Waals surface area contributed by atoms with E-state index >= 15 is 0 Å². The molecule has 4 N–H and O–H groups in total. The molecule has 18 heavy (non-hydrogen) atoms. The molecule has 0 aliphatic heterocycles. The van der Waals surface area contributed by atoms with Gasteiger partial charge in [0.25, 0.3) is 0 Å². The fourth-order valence-electron chi connectivity index (χ4n) is 1.44. The Morgan fingerprint density at radius 2 is 2.11 bits per heavy atom. The summed E-state index contributed by atoms with van der Waals surface area (Å²) in [6.07, 6.45) is 0. The van der Waals surface area contributed by atoms with Crippen LogP contribution < -0.4 is 15.8 Å². The monoisotopic (exact) mass is 287 g/mol. The second-order valence-electron chi connectivity index (χ2n) is 3.86. The molecule has 0 saturated carbocycles. The molecule has 0 spiro atoms. The summed E-state index contributed by atoms with van der Waals surface area (Å²) in [4.78, 5) is 0.290. The number of thiocarbonyl (C=S) groups is 1. The predicted octanol–water partition coefficient (Wildman–Crippen LogP) is 0.590. The number of aryl methyl sites for hydroxylation is 1. The Hall–Kier alpha value is -1.18. The molecule has 100 valence electrons. The Kier molecular flexibility index (Phi) is 5.06. The van der Waals surface area contributed by atoms with E-state index in [4.69, 9.17) is 18.0 Å². The molecule has 0 fully saturated rings. The number of benzene rings is 1. The predicted molar refractivity (Wildman–Crippen MR) is 78.4 cm³/mol. The van der Waals surface area contributed by atoms with Gasteiger partial charge in [-0.15, -0.1) is 0 Å². The quantitative estimate of drug-likeness (QED) is 0.667. The summed E-state index contributed by atoms with van der Waals surface area (Å²) < 4.78 is 24.8. The lowest BCUT2D eigenvalue weighted by atomic mass is 10.1. The SMILES string of the molecule is CNS(=O)(=O)CCNc1ccc(C)cc1C(N)=S. The largest absolute Gasteiger partial charge is 0.389 e. The maximum atomic E-state index is 11.3. The first-order valence-corrected chi connectivity index (χ1v) is 7.47. The first-order chi connectivity index (χ1) is 8.35. The molecular formula is C11H17N3O2S2. The second kappa shape index (κ2) is 6.12. The summed E-state index contributed by atoms with van der Waals surface area (Å²) in [6.45, 7) is 2.23. The maximum Gasteiger partial charge on any atom is 0.213 e. The topological polar surface area (TPSA) is 84.2 Å². The van der Waals surface area contributed by atoms with Gasteiger partial charge < -0.3 is 11.1 Å². The second-order valence-corrected chi connectivity index (χ2v) is 6.35. The van der Waals surface area contributed by atoms with E-state index in [0.29, 0.717) is 6.54 Å². The van der Waals surface area contributed by atoms with Gasteiger partial charge in [0, 0.05) is 17.8 Å². The Morgan fingerprint density at radius 1 is 1.44 bits per heavy atom. The molecular weight excluding hydrogens is 270 g/mol. The summed E-state index contributed by atoms with van der Waals surface area (Å²) in [7, 11) is -1.82. The summed E-state index contributed by atoms with van der Waals surface area (Å²) >= 11 is 4.96. The van der Waals surface area contributed by atoms with Crippen molar-refractivity contribution >= 4 is 32.9 Å². The summed E-state index contributed by atoms with van der Waals surface area (Å²) in [5, 5.41) is 3.03. The first-order valence-electron chi connectivity index (χ1n) is 5.41. The minimum absolute atomic E-state index is 0.00580. The van der Waals surface area contributed by atoms with E-state index in [0.717, 1.165) is 16.8 Å². The Labute approximate surface area is 113 Å². The van der Waals surface area contributed by atoms with Crippen molar-refractivity contribution in [3.63, 3.8) is 0 Å². The van der Waals surface area contributed by atoms with E-state index in [9.17, 15) is 8.42 Å². The zero-order chi connectivity index (χ0) is 13.8. The van der Waals surface area contributed by atoms with Crippen LogP contribution in [0.4, 0.5) is 5.69 Å². The molecule has 0 atom stereocenters. The van der Waals surface area contributed by atoms with E-state index in [1.165, 1.54) is 7.05 Å². The third-order valence-electron chi connectivity index (χ3n) is 2.44. The van der Waals surface area contributed by atoms with Gasteiger partial charge in [-0.2, -0.15) is 0 Å². The molecule has 0 unspecified atom stereocenters. The molecule has 0 aromatic heterocycles. The van der Waals surface area contributed by atoms with Gasteiger partial charge in [-0.05, 0) is 26.1 Å². The van der Waals surface area contributed by atoms with Crippen LogP contribution in [0.2, 0.25) is 0 Å². The Morgan fingerprint density at radius 3 is 2.67 bits per heavy atom. The van der Waals surface area contributed by atoms with E-state index in [2.05, 4.69) is 10.0 Å². The molecule has 0 radical (unpaired) electrons. The molecule has 0 heterocycles. The highest BCUT2D eigenvalue weighted by Gasteiger charge is 2.08. The molecule has 5 nitrogen and oxygen atoms in total. The van der Waals surface area contributed by atoms with Crippen LogP contribution in [0.25, 0.3) is 0 Å². The number of hydrogen-bond acceptors (Lipinski definition) is 4. The van der Waals surface area contributed by atoms with Crippen molar-refractivity contribution in [1.82, 2.24) is 4.72 Å². The van der Waals surface area contributed by atoms with Gasteiger partial charge in [0.1, 0.15) is 4.99 Å². The Bertz CT molecular complexity index is 541. The van der Waals surface area contributed by atoms with Crippen molar-refractivity contribution in [2.75, 3.05) is 24.7 Å². The lowest BCUT2D eigenvalue weighted by molar-refractivity contribution is 0.588. The van der Waals surface area contributed by atoms with Gasteiger partial charge in [0.05, 0.1) is 5.75 Å². The first kappa shape index (κ1) is 14.9. The summed E-state index contributed by atoms with van der Waals surface area (Å²) in [5.41, 5.74) is 8.15. The van der Waals surface area contributed by atoms with E-state index in [1.54, 1.807) is 0 Å². The standard InChI is InChI=1S/C11H17N3O2S2/c1-8-3-4-10(9(7-8)11(12)17)14-5-6-18(15,16)13-2/h3-4,7,13-14H,5-6H2,1-2H3,(H2,12,17). The van der Waals surface area contributed by atoms with Crippen LogP contribution >= 0.6 is 12.2 Å². The van der Waals surface area contributed by atoms with Crippen LogP contribution in [0, 0.1) is 6.92 Å². The van der Waals surface area contributed by atoms with Crippen LogP contribution in [0.3, 0.4) is 0 Å². The average molecular weight is 287 g/mol. The molecule has 0 aliphatic carbocycles. The lowest BCUT2D eigenvalue weighted by Crippen LogP contribution is -2.26. The number of sulfonamides is 1. The van der Waals surface area contributed by atoms with Crippen molar-refractivity contribution in [3.8, 4) is 0 Å². The molecule has 1 aromatic carbocycles. The highest BCUT2D eigenvalue weighted by Crippen LogP contribution is 2.17. The number of hydrogen-bond donors (Lipinski definition) is 3. The molecule has 0 amide bonds. The smallest absolute Gasteiger partial charge is 0.213 e. The summed E-state index contributed by atoms with van der Waals surface area (Å²) in [5.74, 6) is -0.00580. The maximum absolute atomic E-state index is 11.3. The lowest BCUT2D eigenvalue weighted by Gasteiger charge is -2.12. The van der Waals surface area contributed by atoms with Crippen LogP contribution in [-0.4, -0.2) is 32.8 Å². The van der Waals surface area contributed by atoms with Crippen LogP contribution in [0.5, 0.6) is 0 Å². The van der Waals surface area contributed by atoms with E-state index in [1.807, 2.05) is 25.1 Å². The minimum atomic E-state index is -3.21. The molecule has 1 aromatic rings. The van der Waals surface area contributed by atoms with Crippen molar-refractivity contribution in [1.29, 1.82) is 0 Å². The Balaban J connectivity index is 2.77. The highest BCUT2D eigenvalue weighted by molar-refractivity contribution is 7.89.